The largest absolute Gasteiger partial charge is 0.497 e. The minimum Gasteiger partial charge on any atom is -0.497 e. The average molecular weight is 373 g/mol. The number of carbonyl (C=O) groups is 1. The maximum absolute atomic E-state index is 12.0. The molecule has 0 bridgehead atoms. The molecular formula is C21H27NO5. The molecule has 0 radical (unpaired) electrons. The van der Waals surface area contributed by atoms with Crippen LogP contribution in [0.25, 0.3) is 0 Å². The number of para-hydroxylation sites is 1. The van der Waals surface area contributed by atoms with E-state index in [0.717, 1.165) is 11.3 Å². The standard InChI is InChI=1S/C21H27NO5/c1-15-7-4-5-8-19(15)27-12-6-9-21(24)22-14-18(23)17-13-16(25-2)10-11-20(17)26-3/h4-5,7-8,10-11,13,18,23H,6,9,12,14H2,1-3H3,(H,22,24). The first-order chi connectivity index (χ1) is 13.0. The molecular weight excluding hydrogens is 346 g/mol. The molecule has 0 saturated carbocycles. The van der Waals surface area contributed by atoms with Gasteiger partial charge < -0.3 is 24.6 Å². The third-order valence-electron chi connectivity index (χ3n) is 4.19. The zero-order valence-electron chi connectivity index (χ0n) is 16.0. The number of ether oxygens (including phenoxy) is 3. The summed E-state index contributed by atoms with van der Waals surface area (Å²) in [5.41, 5.74) is 1.64. The molecule has 2 N–H and O–H groups in total. The summed E-state index contributed by atoms with van der Waals surface area (Å²) >= 11 is 0. The van der Waals surface area contributed by atoms with E-state index in [4.69, 9.17) is 14.2 Å². The highest BCUT2D eigenvalue weighted by Crippen LogP contribution is 2.29. The Morgan fingerprint density at radius 3 is 2.59 bits per heavy atom. The molecule has 0 fully saturated rings. The van der Waals surface area contributed by atoms with E-state index in [0.29, 0.717) is 36.5 Å². The lowest BCUT2D eigenvalue weighted by Crippen LogP contribution is -2.28. The van der Waals surface area contributed by atoms with Crippen molar-refractivity contribution in [2.24, 2.45) is 0 Å². The summed E-state index contributed by atoms with van der Waals surface area (Å²) in [6.07, 6.45) is 0.0364. The first-order valence-corrected chi connectivity index (χ1v) is 8.90. The van der Waals surface area contributed by atoms with Crippen LogP contribution in [0.2, 0.25) is 0 Å². The maximum atomic E-state index is 12.0. The second-order valence-corrected chi connectivity index (χ2v) is 6.15. The van der Waals surface area contributed by atoms with Crippen molar-refractivity contribution in [2.75, 3.05) is 27.4 Å². The molecule has 0 spiro atoms. The Bertz CT molecular complexity index is 747. The lowest BCUT2D eigenvalue weighted by molar-refractivity contribution is -0.121. The third-order valence-corrected chi connectivity index (χ3v) is 4.19. The van der Waals surface area contributed by atoms with Crippen LogP contribution in [0.5, 0.6) is 17.2 Å². The van der Waals surface area contributed by atoms with E-state index in [9.17, 15) is 9.90 Å². The minimum atomic E-state index is -0.887. The van der Waals surface area contributed by atoms with E-state index >= 15 is 0 Å². The van der Waals surface area contributed by atoms with Crippen molar-refractivity contribution in [3.05, 3.63) is 53.6 Å². The number of nitrogens with one attached hydrogen (secondary N) is 1. The van der Waals surface area contributed by atoms with E-state index in [2.05, 4.69) is 5.32 Å². The van der Waals surface area contributed by atoms with Crippen molar-refractivity contribution in [1.82, 2.24) is 5.32 Å². The lowest BCUT2D eigenvalue weighted by atomic mass is 10.1. The Balaban J connectivity index is 1.76. The highest BCUT2D eigenvalue weighted by Gasteiger charge is 2.15. The number of rotatable bonds is 10. The van der Waals surface area contributed by atoms with Gasteiger partial charge in [0, 0.05) is 18.5 Å². The normalized spacial score (nSPS) is 11.6. The lowest BCUT2D eigenvalue weighted by Gasteiger charge is -2.16. The summed E-state index contributed by atoms with van der Waals surface area (Å²) in [5, 5.41) is 13.1. The van der Waals surface area contributed by atoms with Crippen LogP contribution in [-0.2, 0) is 4.79 Å². The Kier molecular flexibility index (Phi) is 7.95. The number of aliphatic hydroxyl groups is 1. The van der Waals surface area contributed by atoms with Crippen molar-refractivity contribution in [3.63, 3.8) is 0 Å². The number of methoxy groups -OCH3 is 2. The molecule has 0 aliphatic rings. The Labute approximate surface area is 160 Å². The van der Waals surface area contributed by atoms with Gasteiger partial charge in [0.25, 0.3) is 0 Å². The Hall–Kier alpha value is -2.73. The second kappa shape index (κ2) is 10.4. The number of carbonyl (C=O) groups excluding carboxylic acids is 1. The molecule has 146 valence electrons. The zero-order valence-corrected chi connectivity index (χ0v) is 16.0. The monoisotopic (exact) mass is 373 g/mol. The molecule has 1 amide bonds. The third kappa shape index (κ3) is 6.18. The van der Waals surface area contributed by atoms with Crippen molar-refractivity contribution < 1.29 is 24.1 Å². The SMILES string of the molecule is COc1ccc(OC)c(C(O)CNC(=O)CCCOc2ccccc2C)c1. The molecule has 0 heterocycles. The van der Waals surface area contributed by atoms with Crippen molar-refractivity contribution in [1.29, 1.82) is 0 Å². The second-order valence-electron chi connectivity index (χ2n) is 6.15. The maximum Gasteiger partial charge on any atom is 0.220 e. The summed E-state index contributed by atoms with van der Waals surface area (Å²) in [6.45, 7) is 2.54. The predicted octanol–water partition coefficient (Wildman–Crippen LogP) is 3.02. The topological polar surface area (TPSA) is 77.0 Å². The minimum absolute atomic E-state index is 0.0982. The van der Waals surface area contributed by atoms with Gasteiger partial charge in [-0.1, -0.05) is 18.2 Å². The van der Waals surface area contributed by atoms with Crippen molar-refractivity contribution in [3.8, 4) is 17.2 Å². The molecule has 2 aromatic carbocycles. The van der Waals surface area contributed by atoms with Crippen LogP contribution in [0.1, 0.15) is 30.1 Å². The van der Waals surface area contributed by atoms with Crippen molar-refractivity contribution >= 4 is 5.91 Å². The van der Waals surface area contributed by atoms with E-state index in [1.807, 2.05) is 31.2 Å². The van der Waals surface area contributed by atoms with Gasteiger partial charge >= 0.3 is 0 Å². The molecule has 6 heteroatoms. The van der Waals surface area contributed by atoms with Crippen LogP contribution >= 0.6 is 0 Å². The van der Waals surface area contributed by atoms with E-state index < -0.39 is 6.10 Å². The fraction of sp³-hybridized carbons (Fsp3) is 0.381. The van der Waals surface area contributed by atoms with Gasteiger partial charge in [-0.3, -0.25) is 4.79 Å². The quantitative estimate of drug-likeness (QED) is 0.626. The fourth-order valence-corrected chi connectivity index (χ4v) is 2.64. The van der Waals surface area contributed by atoms with Crippen LogP contribution in [0.3, 0.4) is 0 Å². The van der Waals surface area contributed by atoms with Gasteiger partial charge in [-0.25, -0.2) is 0 Å². The van der Waals surface area contributed by atoms with Gasteiger partial charge in [0.15, 0.2) is 0 Å². The molecule has 27 heavy (non-hydrogen) atoms. The van der Waals surface area contributed by atoms with E-state index in [-0.39, 0.29) is 12.5 Å². The van der Waals surface area contributed by atoms with Gasteiger partial charge in [-0.05, 0) is 43.2 Å². The average Bonchev–Trinajstić information content (AvgIpc) is 2.70. The van der Waals surface area contributed by atoms with E-state index in [1.165, 1.54) is 7.11 Å². The van der Waals surface area contributed by atoms with Crippen LogP contribution in [0.15, 0.2) is 42.5 Å². The first kappa shape index (κ1) is 20.6. The van der Waals surface area contributed by atoms with Crippen LogP contribution in [0.4, 0.5) is 0 Å². The van der Waals surface area contributed by atoms with Gasteiger partial charge in [-0.2, -0.15) is 0 Å². The summed E-state index contributed by atoms with van der Waals surface area (Å²) in [5.74, 6) is 1.86. The van der Waals surface area contributed by atoms with Crippen LogP contribution in [-0.4, -0.2) is 38.4 Å². The molecule has 0 saturated heterocycles. The summed E-state index contributed by atoms with van der Waals surface area (Å²) < 4.78 is 16.1. The molecule has 0 aliphatic carbocycles. The van der Waals surface area contributed by atoms with Crippen LogP contribution in [0, 0.1) is 6.92 Å². The molecule has 0 aromatic heterocycles. The number of hydrogen-bond acceptors (Lipinski definition) is 5. The number of hydrogen-bond donors (Lipinski definition) is 2. The summed E-state index contributed by atoms with van der Waals surface area (Å²) in [7, 11) is 3.09. The number of aliphatic hydroxyl groups excluding tert-OH is 1. The van der Waals surface area contributed by atoms with E-state index in [1.54, 1.807) is 25.3 Å². The van der Waals surface area contributed by atoms with Crippen molar-refractivity contribution in [2.45, 2.75) is 25.9 Å². The molecule has 1 unspecified atom stereocenters. The summed E-state index contributed by atoms with van der Waals surface area (Å²) in [4.78, 5) is 12.0. The number of aryl methyl sites for hydroxylation is 1. The highest BCUT2D eigenvalue weighted by molar-refractivity contribution is 5.75. The van der Waals surface area contributed by atoms with Gasteiger partial charge in [-0.15, -0.1) is 0 Å². The van der Waals surface area contributed by atoms with Gasteiger partial charge in [0.1, 0.15) is 17.2 Å². The Morgan fingerprint density at radius 2 is 1.89 bits per heavy atom. The van der Waals surface area contributed by atoms with Crippen LogP contribution < -0.4 is 19.5 Å². The number of amides is 1. The molecule has 2 aromatic rings. The molecule has 2 rings (SSSR count). The van der Waals surface area contributed by atoms with Gasteiger partial charge in [0.05, 0.1) is 26.9 Å². The molecule has 6 nitrogen and oxygen atoms in total. The highest BCUT2D eigenvalue weighted by atomic mass is 16.5. The predicted molar refractivity (Wildman–Crippen MR) is 103 cm³/mol. The molecule has 1 atom stereocenters. The summed E-state index contributed by atoms with van der Waals surface area (Å²) in [6, 6.07) is 12.9. The first-order valence-electron chi connectivity index (χ1n) is 8.90. The Morgan fingerprint density at radius 1 is 1.11 bits per heavy atom. The molecule has 0 aliphatic heterocycles. The van der Waals surface area contributed by atoms with Gasteiger partial charge in [0.2, 0.25) is 5.91 Å². The zero-order chi connectivity index (χ0) is 19.6. The fourth-order valence-electron chi connectivity index (χ4n) is 2.64. The number of benzene rings is 2. The smallest absolute Gasteiger partial charge is 0.220 e.